The Balaban J connectivity index is 1.37. The van der Waals surface area contributed by atoms with E-state index in [9.17, 15) is 4.79 Å². The summed E-state index contributed by atoms with van der Waals surface area (Å²) in [7, 11) is 1.86. The maximum absolute atomic E-state index is 12.2. The van der Waals surface area contributed by atoms with Crippen LogP contribution in [-0.4, -0.2) is 86.0 Å². The summed E-state index contributed by atoms with van der Waals surface area (Å²) in [6.45, 7) is 7.33. The number of carbonyl (C=O) groups is 1. The Morgan fingerprint density at radius 1 is 1.04 bits per heavy atom. The molecule has 0 unspecified atom stereocenters. The topological polar surface area (TPSA) is 51.2 Å². The fraction of sp³-hybridized carbons (Fsp3) is 0.882. The van der Waals surface area contributed by atoms with Crippen LogP contribution in [0.15, 0.2) is 4.99 Å². The maximum atomic E-state index is 12.2. The zero-order chi connectivity index (χ0) is 16.1. The Morgan fingerprint density at radius 3 is 2.35 bits per heavy atom. The van der Waals surface area contributed by atoms with E-state index < -0.39 is 0 Å². The van der Waals surface area contributed by atoms with E-state index in [0.717, 1.165) is 57.7 Å². The zero-order valence-corrected chi connectivity index (χ0v) is 14.5. The first-order valence-corrected chi connectivity index (χ1v) is 9.22. The molecule has 2 saturated heterocycles. The molecule has 6 nitrogen and oxygen atoms in total. The van der Waals surface area contributed by atoms with Crippen molar-refractivity contribution >= 4 is 11.9 Å². The molecule has 0 radical (unpaired) electrons. The SMILES string of the molecule is CN=C(NCCC1CC1)N1CCN(CC(=O)N2CCCC2)CC1. The van der Waals surface area contributed by atoms with E-state index in [4.69, 9.17) is 0 Å². The molecule has 1 N–H and O–H groups in total. The van der Waals surface area contributed by atoms with Gasteiger partial charge in [0.2, 0.25) is 5.91 Å². The molecule has 0 atom stereocenters. The van der Waals surface area contributed by atoms with E-state index in [1.165, 1.54) is 32.1 Å². The molecule has 0 aromatic rings. The van der Waals surface area contributed by atoms with Crippen molar-refractivity contribution in [3.63, 3.8) is 0 Å². The van der Waals surface area contributed by atoms with Crippen molar-refractivity contribution in [3.05, 3.63) is 0 Å². The quantitative estimate of drug-likeness (QED) is 0.595. The minimum absolute atomic E-state index is 0.308. The molecule has 1 saturated carbocycles. The fourth-order valence-corrected chi connectivity index (χ4v) is 3.50. The fourth-order valence-electron chi connectivity index (χ4n) is 3.50. The van der Waals surface area contributed by atoms with Gasteiger partial charge in [-0.3, -0.25) is 14.7 Å². The van der Waals surface area contributed by atoms with E-state index in [2.05, 4.69) is 20.1 Å². The van der Waals surface area contributed by atoms with E-state index in [1.54, 1.807) is 0 Å². The molecule has 23 heavy (non-hydrogen) atoms. The van der Waals surface area contributed by atoms with Crippen molar-refractivity contribution in [2.45, 2.75) is 32.1 Å². The van der Waals surface area contributed by atoms with Crippen LogP contribution in [0.2, 0.25) is 0 Å². The number of carbonyl (C=O) groups excluding carboxylic acids is 1. The summed E-state index contributed by atoms with van der Waals surface area (Å²) in [5, 5.41) is 3.49. The molecule has 0 spiro atoms. The van der Waals surface area contributed by atoms with Gasteiger partial charge < -0.3 is 15.1 Å². The number of nitrogens with one attached hydrogen (secondary N) is 1. The summed E-state index contributed by atoms with van der Waals surface area (Å²) in [5.41, 5.74) is 0. The molecular weight excluding hydrogens is 290 g/mol. The highest BCUT2D eigenvalue weighted by Crippen LogP contribution is 2.31. The first-order valence-electron chi connectivity index (χ1n) is 9.22. The van der Waals surface area contributed by atoms with Gasteiger partial charge in [-0.1, -0.05) is 12.8 Å². The summed E-state index contributed by atoms with van der Waals surface area (Å²) >= 11 is 0. The normalized spacial score (nSPS) is 23.4. The summed E-state index contributed by atoms with van der Waals surface area (Å²) in [5.74, 6) is 2.29. The molecule has 3 fully saturated rings. The number of nitrogens with zero attached hydrogens (tertiary/aromatic N) is 4. The Bertz CT molecular complexity index is 421. The Labute approximate surface area is 139 Å². The smallest absolute Gasteiger partial charge is 0.236 e. The van der Waals surface area contributed by atoms with Crippen molar-refractivity contribution in [1.29, 1.82) is 0 Å². The monoisotopic (exact) mass is 321 g/mol. The van der Waals surface area contributed by atoms with Crippen molar-refractivity contribution in [3.8, 4) is 0 Å². The van der Waals surface area contributed by atoms with Crippen LogP contribution in [0.25, 0.3) is 0 Å². The molecule has 3 rings (SSSR count). The second-order valence-electron chi connectivity index (χ2n) is 7.06. The van der Waals surface area contributed by atoms with Gasteiger partial charge in [-0.05, 0) is 25.2 Å². The highest BCUT2D eigenvalue weighted by Gasteiger charge is 2.25. The van der Waals surface area contributed by atoms with Gasteiger partial charge in [-0.2, -0.15) is 0 Å². The third-order valence-electron chi connectivity index (χ3n) is 5.23. The Morgan fingerprint density at radius 2 is 1.74 bits per heavy atom. The van der Waals surface area contributed by atoms with Crippen molar-refractivity contribution in [2.24, 2.45) is 10.9 Å². The number of guanidine groups is 1. The Kier molecular flexibility index (Phi) is 5.75. The third kappa shape index (κ3) is 4.83. The lowest BCUT2D eigenvalue weighted by Gasteiger charge is -2.36. The van der Waals surface area contributed by atoms with Gasteiger partial charge in [0.25, 0.3) is 0 Å². The molecule has 1 aliphatic carbocycles. The number of likely N-dealkylation sites (tertiary alicyclic amines) is 1. The summed E-state index contributed by atoms with van der Waals surface area (Å²) in [6, 6.07) is 0. The van der Waals surface area contributed by atoms with Crippen LogP contribution in [-0.2, 0) is 4.79 Å². The predicted molar refractivity (Wildman–Crippen MR) is 92.5 cm³/mol. The van der Waals surface area contributed by atoms with Crippen LogP contribution in [0.4, 0.5) is 0 Å². The van der Waals surface area contributed by atoms with Crippen LogP contribution in [0.1, 0.15) is 32.1 Å². The van der Waals surface area contributed by atoms with Crippen molar-refractivity contribution in [2.75, 3.05) is 59.4 Å². The molecule has 3 aliphatic rings. The van der Waals surface area contributed by atoms with Gasteiger partial charge in [-0.25, -0.2) is 0 Å². The first-order chi connectivity index (χ1) is 11.3. The first kappa shape index (κ1) is 16.6. The second-order valence-corrected chi connectivity index (χ2v) is 7.06. The number of amides is 1. The lowest BCUT2D eigenvalue weighted by molar-refractivity contribution is -0.131. The number of hydrogen-bond acceptors (Lipinski definition) is 3. The van der Waals surface area contributed by atoms with Gasteiger partial charge >= 0.3 is 0 Å². The summed E-state index contributed by atoms with van der Waals surface area (Å²) in [4.78, 5) is 23.3. The van der Waals surface area contributed by atoms with E-state index in [-0.39, 0.29) is 0 Å². The molecule has 2 heterocycles. The highest BCUT2D eigenvalue weighted by atomic mass is 16.2. The lowest BCUT2D eigenvalue weighted by Crippen LogP contribution is -2.54. The van der Waals surface area contributed by atoms with Crippen LogP contribution in [0, 0.1) is 5.92 Å². The maximum Gasteiger partial charge on any atom is 0.236 e. The molecule has 0 aromatic carbocycles. The minimum Gasteiger partial charge on any atom is -0.356 e. The largest absolute Gasteiger partial charge is 0.356 e. The minimum atomic E-state index is 0.308. The number of piperazine rings is 1. The second kappa shape index (κ2) is 7.99. The van der Waals surface area contributed by atoms with Gasteiger partial charge in [0.1, 0.15) is 0 Å². The van der Waals surface area contributed by atoms with Crippen molar-refractivity contribution in [1.82, 2.24) is 20.0 Å². The molecule has 0 bridgehead atoms. The highest BCUT2D eigenvalue weighted by molar-refractivity contribution is 5.80. The Hall–Kier alpha value is -1.30. The van der Waals surface area contributed by atoms with Crippen LogP contribution in [0.5, 0.6) is 0 Å². The molecule has 6 heteroatoms. The van der Waals surface area contributed by atoms with Crippen LogP contribution in [0.3, 0.4) is 0 Å². The van der Waals surface area contributed by atoms with Gasteiger partial charge in [-0.15, -0.1) is 0 Å². The summed E-state index contributed by atoms with van der Waals surface area (Å²) in [6.07, 6.45) is 6.42. The average molecular weight is 321 g/mol. The predicted octanol–water partition coefficient (Wildman–Crippen LogP) is 0.602. The summed E-state index contributed by atoms with van der Waals surface area (Å²) < 4.78 is 0. The molecule has 2 aliphatic heterocycles. The number of aliphatic imine (C=N–C) groups is 1. The number of hydrogen-bond donors (Lipinski definition) is 1. The number of rotatable bonds is 5. The standard InChI is InChI=1S/C17H31N5O/c1-18-17(19-7-6-15-4-5-15)22-12-10-20(11-13-22)14-16(23)21-8-2-3-9-21/h15H,2-14H2,1H3,(H,18,19). The van der Waals surface area contributed by atoms with Crippen molar-refractivity contribution < 1.29 is 4.79 Å². The molecule has 130 valence electrons. The van der Waals surface area contributed by atoms with Crippen LogP contribution < -0.4 is 5.32 Å². The van der Waals surface area contributed by atoms with Gasteiger partial charge in [0.05, 0.1) is 6.54 Å². The van der Waals surface area contributed by atoms with E-state index in [1.807, 2.05) is 11.9 Å². The van der Waals surface area contributed by atoms with E-state index >= 15 is 0 Å². The van der Waals surface area contributed by atoms with E-state index in [0.29, 0.717) is 12.5 Å². The molecule has 0 aromatic heterocycles. The third-order valence-corrected chi connectivity index (χ3v) is 5.23. The lowest BCUT2D eigenvalue weighted by atomic mass is 10.3. The average Bonchev–Trinajstić information content (AvgIpc) is 3.22. The zero-order valence-electron chi connectivity index (χ0n) is 14.5. The molecular formula is C17H31N5O. The van der Waals surface area contributed by atoms with Gasteiger partial charge in [0, 0.05) is 52.9 Å². The van der Waals surface area contributed by atoms with Gasteiger partial charge in [0.15, 0.2) is 5.96 Å². The molecule has 1 amide bonds. The van der Waals surface area contributed by atoms with Crippen LogP contribution >= 0.6 is 0 Å².